The lowest BCUT2D eigenvalue weighted by Gasteiger charge is -2.21. The van der Waals surface area contributed by atoms with E-state index in [9.17, 15) is 4.39 Å². The number of rotatable bonds is 3. The van der Waals surface area contributed by atoms with Crippen molar-refractivity contribution in [2.24, 2.45) is 0 Å². The van der Waals surface area contributed by atoms with Crippen molar-refractivity contribution in [1.29, 1.82) is 0 Å². The normalized spacial score (nSPS) is 18.1. The molecule has 0 bridgehead atoms. The van der Waals surface area contributed by atoms with Gasteiger partial charge in [-0.1, -0.05) is 30.2 Å². The van der Waals surface area contributed by atoms with Crippen molar-refractivity contribution >= 4 is 15.9 Å². The minimum atomic E-state index is -0.193. The van der Waals surface area contributed by atoms with Crippen LogP contribution in [0.3, 0.4) is 0 Å². The van der Waals surface area contributed by atoms with Gasteiger partial charge in [-0.2, -0.15) is 0 Å². The number of benzene rings is 1. The molecule has 0 aromatic heterocycles. The van der Waals surface area contributed by atoms with Crippen LogP contribution >= 0.6 is 15.9 Å². The molecule has 0 saturated heterocycles. The van der Waals surface area contributed by atoms with Crippen LogP contribution in [0.4, 0.5) is 4.39 Å². The fraction of sp³-hybridized carbons (Fsp3) is 0.467. The van der Waals surface area contributed by atoms with Crippen LogP contribution in [0.2, 0.25) is 0 Å². The summed E-state index contributed by atoms with van der Waals surface area (Å²) < 4.78 is 14.2. The van der Waals surface area contributed by atoms with Gasteiger partial charge in [-0.15, -0.1) is 0 Å². The molecule has 1 N–H and O–H groups in total. The minimum absolute atomic E-state index is 0.119. The molecule has 1 unspecified atom stereocenters. The SMILES string of the molecule is CNC(C1=CCCCCC1)c1cccc(F)c1Br. The van der Waals surface area contributed by atoms with Crippen molar-refractivity contribution in [2.45, 2.75) is 38.1 Å². The second-order valence-corrected chi connectivity index (χ2v) is 5.54. The first-order valence-electron chi connectivity index (χ1n) is 6.54. The Morgan fingerprint density at radius 2 is 2.11 bits per heavy atom. The van der Waals surface area contributed by atoms with E-state index in [4.69, 9.17) is 0 Å². The zero-order chi connectivity index (χ0) is 13.0. The molecular weight excluding hydrogens is 293 g/mol. The third-order valence-corrected chi connectivity index (χ3v) is 4.36. The van der Waals surface area contributed by atoms with Crippen molar-refractivity contribution in [3.05, 3.63) is 45.7 Å². The fourth-order valence-corrected chi connectivity index (χ4v) is 3.08. The molecule has 0 aliphatic heterocycles. The number of likely N-dealkylation sites (N-methyl/N-ethyl adjacent to an activating group) is 1. The molecule has 18 heavy (non-hydrogen) atoms. The lowest BCUT2D eigenvalue weighted by molar-refractivity contribution is 0.596. The van der Waals surface area contributed by atoms with Crippen LogP contribution in [0.5, 0.6) is 0 Å². The van der Waals surface area contributed by atoms with Crippen LogP contribution in [0.25, 0.3) is 0 Å². The Hall–Kier alpha value is -0.670. The van der Waals surface area contributed by atoms with Crippen LogP contribution in [0.15, 0.2) is 34.3 Å². The largest absolute Gasteiger partial charge is 0.310 e. The van der Waals surface area contributed by atoms with E-state index in [0.29, 0.717) is 4.47 Å². The zero-order valence-electron chi connectivity index (χ0n) is 10.7. The van der Waals surface area contributed by atoms with Gasteiger partial charge < -0.3 is 5.32 Å². The summed E-state index contributed by atoms with van der Waals surface area (Å²) in [6, 6.07) is 5.37. The number of allylic oxidation sites excluding steroid dienone is 1. The molecule has 1 aromatic rings. The molecule has 1 aliphatic rings. The van der Waals surface area contributed by atoms with Gasteiger partial charge in [0, 0.05) is 0 Å². The molecule has 1 aromatic carbocycles. The summed E-state index contributed by atoms with van der Waals surface area (Å²) in [4.78, 5) is 0. The smallest absolute Gasteiger partial charge is 0.137 e. The molecule has 1 atom stereocenters. The lowest BCUT2D eigenvalue weighted by atomic mass is 9.95. The molecule has 0 amide bonds. The number of hydrogen-bond donors (Lipinski definition) is 1. The van der Waals surface area contributed by atoms with Crippen molar-refractivity contribution in [1.82, 2.24) is 5.32 Å². The van der Waals surface area contributed by atoms with E-state index in [1.54, 1.807) is 6.07 Å². The topological polar surface area (TPSA) is 12.0 Å². The van der Waals surface area contributed by atoms with Gasteiger partial charge in [-0.05, 0) is 60.3 Å². The fourth-order valence-electron chi connectivity index (χ4n) is 2.59. The zero-order valence-corrected chi connectivity index (χ0v) is 12.3. The van der Waals surface area contributed by atoms with Gasteiger partial charge in [-0.3, -0.25) is 0 Å². The molecule has 0 spiro atoms. The van der Waals surface area contributed by atoms with Crippen LogP contribution in [-0.4, -0.2) is 7.05 Å². The van der Waals surface area contributed by atoms with Crippen molar-refractivity contribution in [3.8, 4) is 0 Å². The van der Waals surface area contributed by atoms with Crippen LogP contribution in [-0.2, 0) is 0 Å². The Bertz CT molecular complexity index is 442. The predicted molar refractivity (Wildman–Crippen MR) is 77.1 cm³/mol. The van der Waals surface area contributed by atoms with Gasteiger partial charge in [0.2, 0.25) is 0 Å². The van der Waals surface area contributed by atoms with E-state index >= 15 is 0 Å². The van der Waals surface area contributed by atoms with Crippen molar-refractivity contribution < 1.29 is 4.39 Å². The predicted octanol–water partition coefficient (Wildman–Crippen LogP) is 4.74. The van der Waals surface area contributed by atoms with E-state index in [2.05, 4.69) is 27.3 Å². The van der Waals surface area contributed by atoms with E-state index < -0.39 is 0 Å². The Labute approximate surface area is 117 Å². The average molecular weight is 312 g/mol. The first-order valence-corrected chi connectivity index (χ1v) is 7.33. The molecule has 0 radical (unpaired) electrons. The van der Waals surface area contributed by atoms with Crippen LogP contribution in [0, 0.1) is 5.82 Å². The molecule has 2 rings (SSSR count). The average Bonchev–Trinajstić information content (AvgIpc) is 2.64. The Morgan fingerprint density at radius 3 is 2.89 bits per heavy atom. The lowest BCUT2D eigenvalue weighted by Crippen LogP contribution is -2.19. The highest BCUT2D eigenvalue weighted by molar-refractivity contribution is 9.10. The standard InChI is InChI=1S/C15H19BrFN/c1-18-15(11-7-4-2-3-5-8-11)12-9-6-10-13(17)14(12)16/h6-7,9-10,15,18H,2-5,8H2,1H3. The summed E-state index contributed by atoms with van der Waals surface area (Å²) in [5.74, 6) is -0.193. The summed E-state index contributed by atoms with van der Waals surface area (Å²) in [5.41, 5.74) is 2.38. The monoisotopic (exact) mass is 311 g/mol. The second-order valence-electron chi connectivity index (χ2n) is 4.74. The Kier molecular flexibility index (Phi) is 4.95. The van der Waals surface area contributed by atoms with E-state index in [-0.39, 0.29) is 11.9 Å². The molecule has 0 heterocycles. The molecule has 0 saturated carbocycles. The maximum absolute atomic E-state index is 13.6. The summed E-state index contributed by atoms with van der Waals surface area (Å²) in [6.45, 7) is 0. The number of hydrogen-bond acceptors (Lipinski definition) is 1. The molecule has 1 aliphatic carbocycles. The molecule has 1 nitrogen and oxygen atoms in total. The second kappa shape index (κ2) is 6.48. The van der Waals surface area contributed by atoms with E-state index in [0.717, 1.165) is 18.4 Å². The first-order chi connectivity index (χ1) is 8.74. The molecule has 0 fully saturated rings. The van der Waals surface area contributed by atoms with Crippen molar-refractivity contribution in [2.75, 3.05) is 7.05 Å². The summed E-state index contributed by atoms with van der Waals surface area (Å²) in [5, 5.41) is 3.32. The van der Waals surface area contributed by atoms with Gasteiger partial charge >= 0.3 is 0 Å². The number of nitrogens with one attached hydrogen (secondary N) is 1. The highest BCUT2D eigenvalue weighted by Gasteiger charge is 2.19. The van der Waals surface area contributed by atoms with Gasteiger partial charge in [0.25, 0.3) is 0 Å². The maximum Gasteiger partial charge on any atom is 0.137 e. The quantitative estimate of drug-likeness (QED) is 0.795. The van der Waals surface area contributed by atoms with Gasteiger partial charge in [0.15, 0.2) is 0 Å². The molecular formula is C15H19BrFN. The summed E-state index contributed by atoms with van der Waals surface area (Å²) in [7, 11) is 1.94. The van der Waals surface area contributed by atoms with Gasteiger partial charge in [0.05, 0.1) is 10.5 Å². The van der Waals surface area contributed by atoms with E-state index in [1.165, 1.54) is 30.9 Å². The minimum Gasteiger partial charge on any atom is -0.310 e. The molecule has 3 heteroatoms. The van der Waals surface area contributed by atoms with Gasteiger partial charge in [0.1, 0.15) is 5.82 Å². The van der Waals surface area contributed by atoms with Crippen molar-refractivity contribution in [3.63, 3.8) is 0 Å². The Morgan fingerprint density at radius 1 is 1.28 bits per heavy atom. The first kappa shape index (κ1) is 13.8. The summed E-state index contributed by atoms with van der Waals surface area (Å²) >= 11 is 3.37. The highest BCUT2D eigenvalue weighted by atomic mass is 79.9. The maximum atomic E-state index is 13.6. The summed E-state index contributed by atoms with van der Waals surface area (Å²) in [6.07, 6.45) is 8.36. The third-order valence-electron chi connectivity index (χ3n) is 3.53. The van der Waals surface area contributed by atoms with Crippen LogP contribution < -0.4 is 5.32 Å². The number of halogens is 2. The van der Waals surface area contributed by atoms with E-state index in [1.807, 2.05) is 13.1 Å². The third kappa shape index (κ3) is 3.01. The molecule has 98 valence electrons. The highest BCUT2D eigenvalue weighted by Crippen LogP contribution is 2.33. The van der Waals surface area contributed by atoms with Crippen LogP contribution in [0.1, 0.15) is 43.7 Å². The Balaban J connectivity index is 2.32. The van der Waals surface area contributed by atoms with Gasteiger partial charge in [-0.25, -0.2) is 4.39 Å².